The average molecular weight is 273 g/mol. The number of benzene rings is 2. The molecular formula is C12H8Cl3N. The molecule has 2 rings (SSSR count). The molecule has 2 aromatic rings. The van der Waals surface area contributed by atoms with Crippen molar-refractivity contribution in [3.63, 3.8) is 0 Å². The van der Waals surface area contributed by atoms with E-state index in [1.165, 1.54) is 0 Å². The zero-order valence-electron chi connectivity index (χ0n) is 8.18. The fraction of sp³-hybridized carbons (Fsp3) is 0. The van der Waals surface area contributed by atoms with Crippen molar-refractivity contribution in [2.45, 2.75) is 0 Å². The number of nitrogens with one attached hydrogen (secondary N) is 1. The Bertz CT molecular complexity index is 474. The molecule has 0 heterocycles. The SMILES string of the molecule is Clc1cc(Nc2ccccc2)cc(Cl)c1Cl. The lowest BCUT2D eigenvalue weighted by Gasteiger charge is -2.08. The van der Waals surface area contributed by atoms with Crippen molar-refractivity contribution in [2.24, 2.45) is 0 Å². The second-order valence-corrected chi connectivity index (χ2v) is 4.44. The molecule has 0 spiro atoms. The summed E-state index contributed by atoms with van der Waals surface area (Å²) in [5, 5.41) is 4.44. The van der Waals surface area contributed by atoms with Crippen LogP contribution in [0.4, 0.5) is 11.4 Å². The standard InChI is InChI=1S/C12H8Cl3N/c13-10-6-9(7-11(14)12(10)15)16-8-4-2-1-3-5-8/h1-7,16H. The fourth-order valence-corrected chi connectivity index (χ4v) is 1.91. The lowest BCUT2D eigenvalue weighted by Crippen LogP contribution is -1.89. The van der Waals surface area contributed by atoms with Crippen LogP contribution in [0, 0.1) is 0 Å². The smallest absolute Gasteiger partial charge is 0.0780 e. The molecule has 0 aliphatic heterocycles. The minimum absolute atomic E-state index is 0.377. The maximum atomic E-state index is 5.93. The van der Waals surface area contributed by atoms with Crippen LogP contribution in [0.2, 0.25) is 15.1 Å². The highest BCUT2D eigenvalue weighted by atomic mass is 35.5. The van der Waals surface area contributed by atoms with Gasteiger partial charge >= 0.3 is 0 Å². The predicted molar refractivity (Wildman–Crippen MR) is 71.2 cm³/mol. The van der Waals surface area contributed by atoms with Crippen molar-refractivity contribution in [1.29, 1.82) is 0 Å². The van der Waals surface area contributed by atoms with Gasteiger partial charge in [-0.2, -0.15) is 0 Å². The van der Waals surface area contributed by atoms with E-state index in [1.807, 2.05) is 30.3 Å². The second-order valence-electron chi connectivity index (χ2n) is 3.24. The van der Waals surface area contributed by atoms with Gasteiger partial charge in [-0.15, -0.1) is 0 Å². The summed E-state index contributed by atoms with van der Waals surface area (Å²) in [6.07, 6.45) is 0. The van der Waals surface area contributed by atoms with Crippen molar-refractivity contribution in [3.8, 4) is 0 Å². The first kappa shape index (κ1) is 11.6. The minimum atomic E-state index is 0.377. The number of hydrogen-bond acceptors (Lipinski definition) is 1. The van der Waals surface area contributed by atoms with Gasteiger partial charge in [0.25, 0.3) is 0 Å². The Balaban J connectivity index is 2.29. The summed E-state index contributed by atoms with van der Waals surface area (Å²) in [5.74, 6) is 0. The Morgan fingerprint density at radius 1 is 0.750 bits per heavy atom. The van der Waals surface area contributed by atoms with Crippen molar-refractivity contribution in [2.75, 3.05) is 5.32 Å². The maximum Gasteiger partial charge on any atom is 0.0780 e. The molecule has 0 fully saturated rings. The third-order valence-corrected chi connectivity index (χ3v) is 3.24. The molecule has 2 aromatic carbocycles. The Morgan fingerprint density at radius 2 is 1.31 bits per heavy atom. The first-order valence-electron chi connectivity index (χ1n) is 4.63. The molecule has 0 bridgehead atoms. The van der Waals surface area contributed by atoms with Crippen LogP contribution in [0.1, 0.15) is 0 Å². The highest BCUT2D eigenvalue weighted by Crippen LogP contribution is 2.34. The molecule has 0 unspecified atom stereocenters. The Hall–Kier alpha value is -0.890. The van der Waals surface area contributed by atoms with Gasteiger partial charge in [-0.05, 0) is 24.3 Å². The quantitative estimate of drug-likeness (QED) is 0.723. The van der Waals surface area contributed by atoms with E-state index < -0.39 is 0 Å². The van der Waals surface area contributed by atoms with Gasteiger partial charge in [-0.3, -0.25) is 0 Å². The van der Waals surface area contributed by atoms with E-state index in [4.69, 9.17) is 34.8 Å². The molecule has 0 saturated carbocycles. The van der Waals surface area contributed by atoms with E-state index >= 15 is 0 Å². The lowest BCUT2D eigenvalue weighted by atomic mass is 10.2. The normalized spacial score (nSPS) is 10.2. The van der Waals surface area contributed by atoms with Crippen LogP contribution >= 0.6 is 34.8 Å². The van der Waals surface area contributed by atoms with E-state index in [0.717, 1.165) is 11.4 Å². The lowest BCUT2D eigenvalue weighted by molar-refractivity contribution is 1.55. The molecule has 0 atom stereocenters. The van der Waals surface area contributed by atoms with Gasteiger partial charge in [0, 0.05) is 11.4 Å². The van der Waals surface area contributed by atoms with E-state index in [1.54, 1.807) is 12.1 Å². The van der Waals surface area contributed by atoms with E-state index in [0.29, 0.717) is 15.1 Å². The number of hydrogen-bond donors (Lipinski definition) is 1. The molecule has 1 nitrogen and oxygen atoms in total. The topological polar surface area (TPSA) is 12.0 Å². The third kappa shape index (κ3) is 2.62. The maximum absolute atomic E-state index is 5.93. The summed E-state index contributed by atoms with van der Waals surface area (Å²) in [4.78, 5) is 0. The van der Waals surface area contributed by atoms with Gasteiger partial charge in [0.1, 0.15) is 0 Å². The van der Waals surface area contributed by atoms with Crippen LogP contribution in [0.3, 0.4) is 0 Å². The molecule has 82 valence electrons. The van der Waals surface area contributed by atoms with Gasteiger partial charge in [0.05, 0.1) is 15.1 Å². The zero-order valence-corrected chi connectivity index (χ0v) is 10.4. The molecule has 16 heavy (non-hydrogen) atoms. The van der Waals surface area contributed by atoms with Crippen molar-refractivity contribution >= 4 is 46.2 Å². The highest BCUT2D eigenvalue weighted by molar-refractivity contribution is 6.48. The Morgan fingerprint density at radius 3 is 1.88 bits per heavy atom. The number of anilines is 2. The molecular weight excluding hydrogens is 264 g/mol. The van der Waals surface area contributed by atoms with Crippen LogP contribution < -0.4 is 5.32 Å². The predicted octanol–water partition coefficient (Wildman–Crippen LogP) is 5.39. The van der Waals surface area contributed by atoms with Crippen LogP contribution in [-0.2, 0) is 0 Å². The molecule has 0 aliphatic carbocycles. The molecule has 0 amide bonds. The van der Waals surface area contributed by atoms with Gasteiger partial charge in [0.15, 0.2) is 0 Å². The summed E-state index contributed by atoms with van der Waals surface area (Å²) in [7, 11) is 0. The number of para-hydroxylation sites is 1. The molecule has 1 N–H and O–H groups in total. The number of halogens is 3. The highest BCUT2D eigenvalue weighted by Gasteiger charge is 2.05. The van der Waals surface area contributed by atoms with Crippen LogP contribution in [-0.4, -0.2) is 0 Å². The third-order valence-electron chi connectivity index (χ3n) is 2.05. The van der Waals surface area contributed by atoms with Crippen molar-refractivity contribution in [3.05, 3.63) is 57.5 Å². The first-order valence-corrected chi connectivity index (χ1v) is 5.77. The van der Waals surface area contributed by atoms with E-state index in [9.17, 15) is 0 Å². The Kier molecular flexibility index (Phi) is 3.59. The van der Waals surface area contributed by atoms with Crippen LogP contribution in [0.25, 0.3) is 0 Å². The molecule has 0 saturated heterocycles. The molecule has 0 aliphatic rings. The fourth-order valence-electron chi connectivity index (χ4n) is 1.32. The summed E-state index contributed by atoms with van der Waals surface area (Å²) >= 11 is 17.7. The van der Waals surface area contributed by atoms with Crippen LogP contribution in [0.15, 0.2) is 42.5 Å². The zero-order chi connectivity index (χ0) is 11.5. The van der Waals surface area contributed by atoms with Gasteiger partial charge in [-0.25, -0.2) is 0 Å². The van der Waals surface area contributed by atoms with Gasteiger partial charge in [0.2, 0.25) is 0 Å². The molecule has 0 aromatic heterocycles. The average Bonchev–Trinajstić information content (AvgIpc) is 2.27. The monoisotopic (exact) mass is 271 g/mol. The molecule has 4 heteroatoms. The van der Waals surface area contributed by atoms with Gasteiger partial charge in [-0.1, -0.05) is 53.0 Å². The largest absolute Gasteiger partial charge is 0.355 e. The minimum Gasteiger partial charge on any atom is -0.355 e. The summed E-state index contributed by atoms with van der Waals surface area (Å²) < 4.78 is 0. The van der Waals surface area contributed by atoms with Crippen molar-refractivity contribution < 1.29 is 0 Å². The first-order chi connectivity index (χ1) is 7.66. The van der Waals surface area contributed by atoms with E-state index in [2.05, 4.69) is 5.32 Å². The van der Waals surface area contributed by atoms with Crippen molar-refractivity contribution in [1.82, 2.24) is 0 Å². The second kappa shape index (κ2) is 4.96. The Labute approximate surface area is 109 Å². The van der Waals surface area contributed by atoms with Gasteiger partial charge < -0.3 is 5.32 Å². The van der Waals surface area contributed by atoms with Crippen LogP contribution in [0.5, 0.6) is 0 Å². The summed E-state index contributed by atoms with van der Waals surface area (Å²) in [6.45, 7) is 0. The van der Waals surface area contributed by atoms with E-state index in [-0.39, 0.29) is 0 Å². The summed E-state index contributed by atoms with van der Waals surface area (Å²) in [6, 6.07) is 13.2. The number of rotatable bonds is 2. The summed E-state index contributed by atoms with van der Waals surface area (Å²) in [5.41, 5.74) is 1.78. The molecule has 0 radical (unpaired) electrons.